The third-order valence-electron chi connectivity index (χ3n) is 1.91. The van der Waals surface area contributed by atoms with E-state index in [0.717, 1.165) is 7.11 Å². The normalized spacial score (nSPS) is 9.62. The van der Waals surface area contributed by atoms with Crippen LogP contribution in [0.5, 0.6) is 5.75 Å². The lowest BCUT2D eigenvalue weighted by Gasteiger charge is -2.06. The Morgan fingerprint density at radius 2 is 2.25 bits per heavy atom. The molecule has 0 fully saturated rings. The molecule has 0 aliphatic rings. The number of nitro benzene ring substituents is 1. The monoisotopic (exact) mass is 228 g/mol. The molecule has 0 atom stereocenters. The molecule has 0 N–H and O–H groups in total. The number of halogens is 2. The van der Waals surface area contributed by atoms with Crippen LogP contribution in [0.2, 0.25) is 0 Å². The number of nitrogens with zero attached hydrogens (tertiary/aromatic N) is 2. The first kappa shape index (κ1) is 11.8. The molecule has 0 amide bonds. The average Bonchev–Trinajstić information content (AvgIpc) is 2.22. The van der Waals surface area contributed by atoms with Crippen LogP contribution in [-0.2, 0) is 6.42 Å². The topological polar surface area (TPSA) is 76.2 Å². The molecule has 0 aromatic heterocycles. The van der Waals surface area contributed by atoms with Gasteiger partial charge >= 0.3 is 0 Å². The van der Waals surface area contributed by atoms with Gasteiger partial charge in [-0.25, -0.2) is 8.78 Å². The van der Waals surface area contributed by atoms with Crippen LogP contribution in [0.15, 0.2) is 6.07 Å². The Kier molecular flexibility index (Phi) is 3.35. The highest BCUT2D eigenvalue weighted by Gasteiger charge is 2.25. The van der Waals surface area contributed by atoms with Gasteiger partial charge in [-0.1, -0.05) is 0 Å². The van der Waals surface area contributed by atoms with Gasteiger partial charge in [-0.2, -0.15) is 5.26 Å². The summed E-state index contributed by atoms with van der Waals surface area (Å²) >= 11 is 0. The van der Waals surface area contributed by atoms with E-state index < -0.39 is 40.0 Å². The summed E-state index contributed by atoms with van der Waals surface area (Å²) in [5.74, 6) is -3.11. The number of nitro groups is 1. The van der Waals surface area contributed by atoms with Crippen LogP contribution in [-0.4, -0.2) is 12.0 Å². The zero-order valence-corrected chi connectivity index (χ0v) is 8.16. The lowest BCUT2D eigenvalue weighted by molar-refractivity contribution is -0.385. The second-order valence-electron chi connectivity index (χ2n) is 2.80. The third kappa shape index (κ3) is 1.91. The largest absolute Gasteiger partial charge is 0.491 e. The van der Waals surface area contributed by atoms with Crippen molar-refractivity contribution in [3.63, 3.8) is 0 Å². The van der Waals surface area contributed by atoms with Crippen LogP contribution in [0, 0.1) is 33.1 Å². The quantitative estimate of drug-likeness (QED) is 0.585. The van der Waals surface area contributed by atoms with E-state index in [1.165, 1.54) is 0 Å². The summed E-state index contributed by atoms with van der Waals surface area (Å²) in [5, 5.41) is 18.9. The van der Waals surface area contributed by atoms with Crippen LogP contribution < -0.4 is 4.74 Å². The highest BCUT2D eigenvalue weighted by atomic mass is 19.1. The first-order valence-corrected chi connectivity index (χ1v) is 4.09. The molecule has 0 aliphatic heterocycles. The Hall–Kier alpha value is -2.23. The lowest BCUT2D eigenvalue weighted by Crippen LogP contribution is -2.03. The first-order valence-electron chi connectivity index (χ1n) is 4.09. The van der Waals surface area contributed by atoms with Crippen LogP contribution in [0.4, 0.5) is 14.5 Å². The summed E-state index contributed by atoms with van der Waals surface area (Å²) in [4.78, 5) is 9.58. The molecule has 1 rings (SSSR count). The second-order valence-corrected chi connectivity index (χ2v) is 2.80. The number of rotatable bonds is 3. The molecule has 0 spiro atoms. The number of hydrogen-bond acceptors (Lipinski definition) is 4. The van der Waals surface area contributed by atoms with E-state index in [4.69, 9.17) is 5.26 Å². The molecule has 0 bridgehead atoms. The van der Waals surface area contributed by atoms with Crippen LogP contribution in [0.3, 0.4) is 0 Å². The van der Waals surface area contributed by atoms with Crippen molar-refractivity contribution >= 4 is 5.69 Å². The molecule has 5 nitrogen and oxygen atoms in total. The standard InChI is InChI=1S/C9H6F2N2O3/c1-16-9-6(10)4-7(13(14)15)5(2-3-12)8(9)11/h4H,2H2,1H3. The van der Waals surface area contributed by atoms with Crippen molar-refractivity contribution in [1.29, 1.82) is 5.26 Å². The average molecular weight is 228 g/mol. The Labute approximate surface area is 89.0 Å². The lowest BCUT2D eigenvalue weighted by atomic mass is 10.1. The van der Waals surface area contributed by atoms with Gasteiger partial charge in [-0.05, 0) is 0 Å². The zero-order valence-electron chi connectivity index (χ0n) is 8.16. The molecule has 84 valence electrons. The van der Waals surface area contributed by atoms with Crippen molar-refractivity contribution in [3.05, 3.63) is 33.4 Å². The van der Waals surface area contributed by atoms with Crippen molar-refractivity contribution in [2.75, 3.05) is 7.11 Å². The van der Waals surface area contributed by atoms with Crippen LogP contribution >= 0.6 is 0 Å². The van der Waals surface area contributed by atoms with E-state index in [2.05, 4.69) is 4.74 Å². The van der Waals surface area contributed by atoms with Crippen molar-refractivity contribution in [2.24, 2.45) is 0 Å². The molecule has 0 aliphatic carbocycles. The molecule has 7 heteroatoms. The van der Waals surface area contributed by atoms with Gasteiger partial charge in [0.05, 0.1) is 36.2 Å². The summed E-state index contributed by atoms with van der Waals surface area (Å²) < 4.78 is 31.1. The molecule has 0 saturated carbocycles. The van der Waals surface area contributed by atoms with E-state index in [-0.39, 0.29) is 0 Å². The Bertz CT molecular complexity index is 483. The van der Waals surface area contributed by atoms with E-state index in [0.29, 0.717) is 6.07 Å². The highest BCUT2D eigenvalue weighted by molar-refractivity contribution is 5.48. The maximum atomic E-state index is 13.5. The van der Waals surface area contributed by atoms with Gasteiger partial charge < -0.3 is 4.74 Å². The summed E-state index contributed by atoms with van der Waals surface area (Å²) in [5.41, 5.74) is -1.25. The predicted octanol–water partition coefficient (Wildman–Crippen LogP) is 1.95. The molecule has 16 heavy (non-hydrogen) atoms. The molecule has 0 heterocycles. The molecule has 1 aromatic rings. The highest BCUT2D eigenvalue weighted by Crippen LogP contribution is 2.31. The van der Waals surface area contributed by atoms with Gasteiger partial charge in [-0.3, -0.25) is 10.1 Å². The Morgan fingerprint density at radius 3 is 2.69 bits per heavy atom. The SMILES string of the molecule is COc1c(F)cc([N+](=O)[O-])c(CC#N)c1F. The number of ether oxygens (including phenoxy) is 1. The summed E-state index contributed by atoms with van der Waals surface area (Å²) in [6.07, 6.45) is -0.529. The molecule has 0 unspecified atom stereocenters. The van der Waals surface area contributed by atoms with Gasteiger partial charge in [0, 0.05) is 0 Å². The minimum absolute atomic E-state index is 0.481. The minimum Gasteiger partial charge on any atom is -0.491 e. The number of benzene rings is 1. The first-order chi connectivity index (χ1) is 7.52. The fourth-order valence-corrected chi connectivity index (χ4v) is 1.22. The van der Waals surface area contributed by atoms with E-state index >= 15 is 0 Å². The number of methoxy groups -OCH3 is 1. The van der Waals surface area contributed by atoms with Crippen molar-refractivity contribution in [1.82, 2.24) is 0 Å². The van der Waals surface area contributed by atoms with Crippen LogP contribution in [0.25, 0.3) is 0 Å². The molecular formula is C9H6F2N2O3. The van der Waals surface area contributed by atoms with Crippen molar-refractivity contribution in [3.8, 4) is 11.8 Å². The van der Waals surface area contributed by atoms with Gasteiger partial charge in [-0.15, -0.1) is 0 Å². The summed E-state index contributed by atoms with van der Waals surface area (Å²) in [6, 6.07) is 2.10. The van der Waals surface area contributed by atoms with Gasteiger partial charge in [0.2, 0.25) is 0 Å². The van der Waals surface area contributed by atoms with Crippen LogP contribution in [0.1, 0.15) is 5.56 Å². The smallest absolute Gasteiger partial charge is 0.279 e. The predicted molar refractivity (Wildman–Crippen MR) is 48.9 cm³/mol. The zero-order chi connectivity index (χ0) is 12.3. The second kappa shape index (κ2) is 4.53. The van der Waals surface area contributed by atoms with Gasteiger partial charge in [0.1, 0.15) is 0 Å². The maximum Gasteiger partial charge on any atom is 0.279 e. The van der Waals surface area contributed by atoms with E-state index in [9.17, 15) is 18.9 Å². The van der Waals surface area contributed by atoms with Gasteiger partial charge in [0.15, 0.2) is 17.4 Å². The fraction of sp³-hybridized carbons (Fsp3) is 0.222. The fourth-order valence-electron chi connectivity index (χ4n) is 1.22. The van der Waals surface area contributed by atoms with E-state index in [1.54, 1.807) is 6.07 Å². The summed E-state index contributed by atoms with van der Waals surface area (Å²) in [7, 11) is 1.03. The van der Waals surface area contributed by atoms with Gasteiger partial charge in [0.25, 0.3) is 5.69 Å². The minimum atomic E-state index is -1.21. The van der Waals surface area contributed by atoms with Crippen molar-refractivity contribution < 1.29 is 18.4 Å². The van der Waals surface area contributed by atoms with Crippen molar-refractivity contribution in [2.45, 2.75) is 6.42 Å². The molecule has 0 radical (unpaired) electrons. The number of nitriles is 1. The maximum absolute atomic E-state index is 13.5. The Morgan fingerprint density at radius 1 is 1.62 bits per heavy atom. The third-order valence-corrected chi connectivity index (χ3v) is 1.91. The molecule has 1 aromatic carbocycles. The van der Waals surface area contributed by atoms with E-state index in [1.807, 2.05) is 0 Å². The summed E-state index contributed by atoms with van der Waals surface area (Å²) in [6.45, 7) is 0. The Balaban J connectivity index is 3.53. The molecule has 0 saturated heterocycles. The number of hydrogen-bond donors (Lipinski definition) is 0. The molecular weight excluding hydrogens is 222 g/mol.